The van der Waals surface area contributed by atoms with Crippen LogP contribution in [-0.2, 0) is 47.7 Å². The third-order valence-corrected chi connectivity index (χ3v) is 18.1. The molecule has 11 rings (SSSR count). The van der Waals surface area contributed by atoms with Crippen molar-refractivity contribution in [2.45, 2.75) is 222 Å². The number of epoxide rings is 1. The Morgan fingerprint density at radius 1 is 0.652 bits per heavy atom. The summed E-state index contributed by atoms with van der Waals surface area (Å²) in [6.45, 7) is 8.52. The number of carboxylic acid groups (broad SMARTS) is 1. The third kappa shape index (κ3) is 10.7. The van der Waals surface area contributed by atoms with Crippen molar-refractivity contribution < 1.29 is 52.8 Å². The van der Waals surface area contributed by atoms with E-state index in [2.05, 4.69) is 0 Å². The molecular formula is C55H102O11. The van der Waals surface area contributed by atoms with E-state index in [9.17, 15) is 19.2 Å². The molecule has 8 bridgehead atoms. The van der Waals surface area contributed by atoms with Crippen molar-refractivity contribution in [2.24, 2.45) is 93.7 Å². The van der Waals surface area contributed by atoms with Gasteiger partial charge in [-0.2, -0.15) is 0 Å². The summed E-state index contributed by atoms with van der Waals surface area (Å²) >= 11 is 0. The Hall–Kier alpha value is -2.69. The highest BCUT2D eigenvalue weighted by molar-refractivity contribution is 5.81. The van der Waals surface area contributed by atoms with E-state index in [1.807, 2.05) is 27.7 Å². The monoisotopic (exact) mass is 939 g/mol. The molecule has 0 aromatic heterocycles. The molecule has 66 heavy (non-hydrogen) atoms. The minimum Gasteiger partial charge on any atom is -0.481 e. The van der Waals surface area contributed by atoms with Crippen LogP contribution in [0.3, 0.4) is 0 Å². The molecule has 0 aromatic rings. The van der Waals surface area contributed by atoms with Gasteiger partial charge in [0, 0.05) is 18.8 Å². The second-order valence-electron chi connectivity index (χ2n) is 21.5. The Morgan fingerprint density at radius 2 is 1.21 bits per heavy atom. The van der Waals surface area contributed by atoms with Crippen LogP contribution in [0.15, 0.2) is 0 Å². The van der Waals surface area contributed by atoms with Gasteiger partial charge in [0.2, 0.25) is 0 Å². The number of esters is 4. The lowest BCUT2D eigenvalue weighted by molar-refractivity contribution is -0.174. The van der Waals surface area contributed by atoms with E-state index in [4.69, 9.17) is 33.6 Å². The van der Waals surface area contributed by atoms with Crippen molar-refractivity contribution in [1.29, 1.82) is 0 Å². The van der Waals surface area contributed by atoms with Crippen LogP contribution in [0.1, 0.15) is 191 Å². The fourth-order valence-corrected chi connectivity index (χ4v) is 15.6. The van der Waals surface area contributed by atoms with E-state index in [0.717, 1.165) is 79.3 Å². The molecule has 11 heteroatoms. The highest BCUT2D eigenvalue weighted by Crippen LogP contribution is 2.68. The molecule has 11 nitrogen and oxygen atoms in total. The maximum absolute atomic E-state index is 13.7. The van der Waals surface area contributed by atoms with Gasteiger partial charge in [0.05, 0.1) is 42.0 Å². The summed E-state index contributed by atoms with van der Waals surface area (Å²) < 4.78 is 28.8. The van der Waals surface area contributed by atoms with Gasteiger partial charge in [0.25, 0.3) is 5.97 Å². The molecule has 388 valence electrons. The predicted molar refractivity (Wildman–Crippen MR) is 265 cm³/mol. The van der Waals surface area contributed by atoms with Gasteiger partial charge >= 0.3 is 23.9 Å². The van der Waals surface area contributed by atoms with Crippen molar-refractivity contribution in [3.05, 3.63) is 0 Å². The summed E-state index contributed by atoms with van der Waals surface area (Å²) in [7, 11) is 1.35. The maximum atomic E-state index is 13.7. The van der Waals surface area contributed by atoms with Gasteiger partial charge in [-0.15, -0.1) is 0 Å². The van der Waals surface area contributed by atoms with Crippen LogP contribution in [0.25, 0.3) is 0 Å². The first-order chi connectivity index (χ1) is 27.1. The summed E-state index contributed by atoms with van der Waals surface area (Å²) in [6, 6.07) is 0. The number of rotatable bonds is 10. The molecule has 11 fully saturated rings. The Labute approximate surface area is 404 Å². The number of hydrogen-bond donors (Lipinski definition) is 1. The number of carbonyl (C=O) groups excluding carboxylic acids is 4. The van der Waals surface area contributed by atoms with Crippen LogP contribution in [0, 0.1) is 93.7 Å². The molecule has 20 unspecified atom stereocenters. The maximum Gasteiger partial charge on any atom is 0.312 e. The van der Waals surface area contributed by atoms with Crippen LogP contribution >= 0.6 is 0 Å². The second-order valence-corrected chi connectivity index (χ2v) is 21.5. The quantitative estimate of drug-likeness (QED) is 0.0963. The standard InChI is InChI=1S/C34H48O8.C10H14O.C2H4O2.9CH4/c1-6-34(4,32(38)42-27-19-11-21-22(12-19)30(36)41-28(21)27)15-20(29(35)39-5)14-33(2,3)31(37)40-24-13-18-10-23(24)26-17-8-7-16(9-17)25(18)26;1-2-6-3-5(1)7-4-8-10(11-8)9(6)7;1-2(3)4;;;;;;;;;/h16-28H,6-15H2,1-5H3;5-10H,1-4H2;1H3,(H,3,4);9*1H4. The Balaban J connectivity index is 0.00000150. The van der Waals surface area contributed by atoms with Crippen molar-refractivity contribution in [1.82, 2.24) is 0 Å². The first-order valence-corrected chi connectivity index (χ1v) is 22.7. The smallest absolute Gasteiger partial charge is 0.312 e. The largest absolute Gasteiger partial charge is 0.481 e. The van der Waals surface area contributed by atoms with E-state index < -0.39 is 34.8 Å². The lowest BCUT2D eigenvalue weighted by Gasteiger charge is -2.39. The van der Waals surface area contributed by atoms with E-state index in [-0.39, 0.29) is 128 Å². The fraction of sp³-hybridized carbons (Fsp3) is 0.909. The highest BCUT2D eigenvalue weighted by Gasteiger charge is 2.66. The van der Waals surface area contributed by atoms with E-state index >= 15 is 0 Å². The molecule has 20 atom stereocenters. The van der Waals surface area contributed by atoms with Crippen molar-refractivity contribution in [3.8, 4) is 0 Å². The molecule has 2 aliphatic heterocycles. The third-order valence-electron chi connectivity index (χ3n) is 18.1. The summed E-state index contributed by atoms with van der Waals surface area (Å²) in [5.74, 6) is 6.36. The van der Waals surface area contributed by atoms with Gasteiger partial charge in [-0.25, -0.2) is 0 Å². The Morgan fingerprint density at radius 3 is 1.80 bits per heavy atom. The van der Waals surface area contributed by atoms with E-state index in [1.165, 1.54) is 45.6 Å². The average molecular weight is 939 g/mol. The fourth-order valence-electron chi connectivity index (χ4n) is 15.6. The average Bonchev–Trinajstić information content (AvgIpc) is 4.00. The van der Waals surface area contributed by atoms with Crippen LogP contribution < -0.4 is 0 Å². The SMILES string of the molecule is C.C.C.C.C.C.C.C.C.C1CC2CC1C1CC3OC3C21.CC(=O)O.CCC(C)(CC(CC(C)(C)C(=O)OC1CC2CC1C1C3CCC(C3)C21)C(=O)OC)C(=O)OC1C2CC3C(=O)OC1C3C2. The summed E-state index contributed by atoms with van der Waals surface area (Å²) in [5.41, 5.74) is -1.87. The molecular weight excluding hydrogens is 837 g/mol. The van der Waals surface area contributed by atoms with Crippen LogP contribution in [0.5, 0.6) is 0 Å². The van der Waals surface area contributed by atoms with Gasteiger partial charge in [0.15, 0.2) is 0 Å². The number of hydrogen-bond acceptors (Lipinski definition) is 10. The molecule has 9 saturated carbocycles. The van der Waals surface area contributed by atoms with E-state index in [1.54, 1.807) is 12.8 Å². The van der Waals surface area contributed by atoms with Gasteiger partial charge in [0.1, 0.15) is 18.3 Å². The van der Waals surface area contributed by atoms with Crippen molar-refractivity contribution in [3.63, 3.8) is 0 Å². The Kier molecular flexibility index (Phi) is 22.3. The number of aliphatic carboxylic acids is 1. The number of methoxy groups -OCH3 is 1. The van der Waals surface area contributed by atoms with Crippen molar-refractivity contribution >= 4 is 29.8 Å². The predicted octanol–water partition coefficient (Wildman–Crippen LogP) is 12.7. The topological polar surface area (TPSA) is 155 Å². The van der Waals surface area contributed by atoms with Gasteiger partial charge in [-0.3, -0.25) is 24.0 Å². The lowest BCUT2D eigenvalue weighted by atomic mass is 9.70. The zero-order valence-corrected chi connectivity index (χ0v) is 34.9. The second kappa shape index (κ2) is 23.3. The molecule has 0 aromatic carbocycles. The van der Waals surface area contributed by atoms with Gasteiger partial charge < -0.3 is 28.8 Å². The lowest BCUT2D eigenvalue weighted by Crippen LogP contribution is -2.43. The molecule has 0 amide bonds. The number of fused-ring (bicyclic) bond motifs is 17. The molecule has 2 saturated heterocycles. The van der Waals surface area contributed by atoms with Gasteiger partial charge in [-0.1, -0.05) is 73.8 Å². The zero-order valence-electron chi connectivity index (χ0n) is 34.9. The summed E-state index contributed by atoms with van der Waals surface area (Å²) in [5, 5.41) is 7.42. The number of carboxylic acids is 1. The van der Waals surface area contributed by atoms with E-state index in [0.29, 0.717) is 24.7 Å². The molecule has 1 N–H and O–H groups in total. The number of ether oxygens (including phenoxy) is 5. The highest BCUT2D eigenvalue weighted by atomic mass is 16.6. The molecule has 2 heterocycles. The molecule has 11 aliphatic rings. The summed E-state index contributed by atoms with van der Waals surface area (Å²) in [4.78, 5) is 61.6. The zero-order chi connectivity index (χ0) is 40.3. The first kappa shape index (κ1) is 63.3. The van der Waals surface area contributed by atoms with Crippen LogP contribution in [-0.4, -0.2) is 72.6 Å². The minimum absolute atomic E-state index is 0. The van der Waals surface area contributed by atoms with Crippen LogP contribution in [0.2, 0.25) is 0 Å². The van der Waals surface area contributed by atoms with Crippen molar-refractivity contribution in [2.75, 3.05) is 7.11 Å². The first-order valence-electron chi connectivity index (χ1n) is 22.7. The summed E-state index contributed by atoms with van der Waals surface area (Å²) in [6.07, 6.45) is 15.5. The minimum atomic E-state index is -0.954. The number of carbonyl (C=O) groups is 5. The van der Waals surface area contributed by atoms with Crippen LogP contribution in [0.4, 0.5) is 0 Å². The molecule has 0 radical (unpaired) electrons. The molecule has 0 spiro atoms. The Bertz CT molecular complexity index is 1640. The van der Waals surface area contributed by atoms with Gasteiger partial charge in [-0.05, 0) is 170 Å². The normalized spacial score (nSPS) is 40.1. The molecule has 9 aliphatic carbocycles.